The Balaban J connectivity index is 1.89. The number of hydrazine groups is 1. The van der Waals surface area contributed by atoms with Gasteiger partial charge in [-0.15, -0.1) is 0 Å². The number of aryl methyl sites for hydroxylation is 1. The second-order valence-corrected chi connectivity index (χ2v) is 4.84. The first-order valence-corrected chi connectivity index (χ1v) is 6.61. The van der Waals surface area contributed by atoms with Gasteiger partial charge in [-0.25, -0.2) is 10.8 Å². The van der Waals surface area contributed by atoms with E-state index in [1.165, 1.54) is 23.2 Å². The van der Waals surface area contributed by atoms with Crippen molar-refractivity contribution in [2.75, 3.05) is 16.9 Å². The van der Waals surface area contributed by atoms with E-state index in [-0.39, 0.29) is 0 Å². The molecule has 1 aliphatic heterocycles. The van der Waals surface area contributed by atoms with E-state index in [0.717, 1.165) is 19.5 Å². The van der Waals surface area contributed by atoms with Gasteiger partial charge in [0.25, 0.3) is 0 Å². The molecule has 0 saturated carbocycles. The third-order valence-electron chi connectivity index (χ3n) is 3.61. The number of fused-ring (bicyclic) bond motifs is 1. The van der Waals surface area contributed by atoms with Gasteiger partial charge in [0.15, 0.2) is 0 Å². The van der Waals surface area contributed by atoms with Crippen LogP contribution in [-0.4, -0.2) is 11.5 Å². The molecule has 98 valence electrons. The van der Waals surface area contributed by atoms with Crippen molar-refractivity contribution in [3.05, 3.63) is 53.7 Å². The van der Waals surface area contributed by atoms with E-state index in [9.17, 15) is 0 Å². The molecule has 3 N–H and O–H groups in total. The highest BCUT2D eigenvalue weighted by Gasteiger charge is 2.14. The Labute approximate surface area is 113 Å². The first-order chi connectivity index (χ1) is 9.36. The highest BCUT2D eigenvalue weighted by atomic mass is 15.2. The van der Waals surface area contributed by atoms with E-state index in [1.807, 2.05) is 12.1 Å². The predicted octanol–water partition coefficient (Wildman–Crippen LogP) is 2.32. The number of hydrogen-bond donors (Lipinski definition) is 2. The molecular weight excluding hydrogens is 236 g/mol. The Hall–Kier alpha value is -2.07. The lowest BCUT2D eigenvalue weighted by Crippen LogP contribution is -2.22. The average Bonchev–Trinajstić information content (AvgIpc) is 2.69. The summed E-state index contributed by atoms with van der Waals surface area (Å²) in [5.41, 5.74) is 6.65. The third kappa shape index (κ3) is 2.53. The minimum Gasteiger partial charge on any atom is -0.367 e. The van der Waals surface area contributed by atoms with E-state index < -0.39 is 0 Å². The van der Waals surface area contributed by atoms with Crippen molar-refractivity contribution in [1.29, 1.82) is 0 Å². The van der Waals surface area contributed by atoms with E-state index in [4.69, 9.17) is 5.84 Å². The molecule has 4 nitrogen and oxygen atoms in total. The Morgan fingerprint density at radius 1 is 1.16 bits per heavy atom. The quantitative estimate of drug-likeness (QED) is 0.638. The second-order valence-electron chi connectivity index (χ2n) is 4.84. The number of rotatable bonds is 2. The molecule has 1 aliphatic rings. The minimum atomic E-state index is 0.704. The first-order valence-electron chi connectivity index (χ1n) is 6.61. The smallest absolute Gasteiger partial charge is 0.141 e. The van der Waals surface area contributed by atoms with Gasteiger partial charge in [0.1, 0.15) is 5.82 Å². The third-order valence-corrected chi connectivity index (χ3v) is 3.61. The van der Waals surface area contributed by atoms with Crippen LogP contribution in [0.5, 0.6) is 0 Å². The zero-order valence-electron chi connectivity index (χ0n) is 10.8. The van der Waals surface area contributed by atoms with Crippen molar-refractivity contribution < 1.29 is 0 Å². The van der Waals surface area contributed by atoms with Crippen LogP contribution in [0, 0.1) is 0 Å². The van der Waals surface area contributed by atoms with E-state index in [2.05, 4.69) is 39.6 Å². The molecule has 0 fully saturated rings. The number of nitrogens with two attached hydrogens (primary N) is 1. The van der Waals surface area contributed by atoms with Crippen LogP contribution in [0.1, 0.15) is 17.5 Å². The average molecular weight is 254 g/mol. The van der Waals surface area contributed by atoms with Gasteiger partial charge in [-0.1, -0.05) is 24.3 Å². The summed E-state index contributed by atoms with van der Waals surface area (Å²) in [5.74, 6) is 6.13. The van der Waals surface area contributed by atoms with Crippen molar-refractivity contribution in [3.63, 3.8) is 0 Å². The van der Waals surface area contributed by atoms with Gasteiger partial charge in [0, 0.05) is 31.0 Å². The Morgan fingerprint density at radius 2 is 2.00 bits per heavy atom. The van der Waals surface area contributed by atoms with Crippen molar-refractivity contribution in [2.45, 2.75) is 19.4 Å². The zero-order chi connectivity index (χ0) is 13.1. The van der Waals surface area contributed by atoms with Crippen molar-refractivity contribution in [1.82, 2.24) is 4.98 Å². The molecule has 0 saturated heterocycles. The molecule has 0 bridgehead atoms. The van der Waals surface area contributed by atoms with Crippen LogP contribution in [-0.2, 0) is 13.0 Å². The molecule has 0 spiro atoms. The van der Waals surface area contributed by atoms with E-state index in [0.29, 0.717) is 5.82 Å². The Kier molecular flexibility index (Phi) is 3.33. The molecule has 19 heavy (non-hydrogen) atoms. The summed E-state index contributed by atoms with van der Waals surface area (Å²) in [6, 6.07) is 12.7. The summed E-state index contributed by atoms with van der Waals surface area (Å²) in [5, 5.41) is 0. The van der Waals surface area contributed by atoms with Crippen LogP contribution in [0.15, 0.2) is 42.6 Å². The first kappa shape index (κ1) is 12.0. The molecule has 1 aromatic heterocycles. The summed E-state index contributed by atoms with van der Waals surface area (Å²) < 4.78 is 0. The van der Waals surface area contributed by atoms with Gasteiger partial charge in [0.05, 0.1) is 0 Å². The monoisotopic (exact) mass is 254 g/mol. The van der Waals surface area contributed by atoms with Crippen LogP contribution in [0.3, 0.4) is 0 Å². The predicted molar refractivity (Wildman–Crippen MR) is 77.9 cm³/mol. The molecule has 2 aromatic rings. The molecular formula is C15H18N4. The number of nitrogen functional groups attached to an aromatic ring is 1. The number of aromatic nitrogens is 1. The van der Waals surface area contributed by atoms with Crippen molar-refractivity contribution in [3.8, 4) is 0 Å². The van der Waals surface area contributed by atoms with Gasteiger partial charge in [-0.3, -0.25) is 0 Å². The fourth-order valence-electron chi connectivity index (χ4n) is 2.62. The molecule has 3 rings (SSSR count). The molecule has 0 unspecified atom stereocenters. The number of pyridine rings is 1. The number of benzene rings is 1. The maximum Gasteiger partial charge on any atom is 0.141 e. The normalized spacial score (nSPS) is 14.7. The SMILES string of the molecule is NNc1cc(N2CCCc3ccccc3C2)ccn1. The lowest BCUT2D eigenvalue weighted by molar-refractivity contribution is 0.765. The van der Waals surface area contributed by atoms with E-state index in [1.54, 1.807) is 6.20 Å². The second kappa shape index (κ2) is 5.28. The maximum atomic E-state index is 5.42. The standard InChI is InChI=1S/C15H18N4/c16-18-15-10-14(7-8-17-15)19-9-3-6-12-4-1-2-5-13(12)11-19/h1-2,4-5,7-8,10H,3,6,9,11,16H2,(H,17,18). The van der Waals surface area contributed by atoms with Crippen LogP contribution in [0.4, 0.5) is 11.5 Å². The number of anilines is 2. The summed E-state index contributed by atoms with van der Waals surface area (Å²) >= 11 is 0. The molecule has 0 atom stereocenters. The number of hydrogen-bond acceptors (Lipinski definition) is 4. The molecule has 1 aromatic carbocycles. The highest BCUT2D eigenvalue weighted by Crippen LogP contribution is 2.24. The van der Waals surface area contributed by atoms with Crippen LogP contribution >= 0.6 is 0 Å². The Morgan fingerprint density at radius 3 is 2.84 bits per heavy atom. The molecule has 0 radical (unpaired) electrons. The zero-order valence-corrected chi connectivity index (χ0v) is 10.8. The van der Waals surface area contributed by atoms with Crippen LogP contribution in [0.2, 0.25) is 0 Å². The Bertz CT molecular complexity index is 568. The fourth-order valence-corrected chi connectivity index (χ4v) is 2.62. The number of nitrogens with one attached hydrogen (secondary N) is 1. The highest BCUT2D eigenvalue weighted by molar-refractivity contribution is 5.54. The van der Waals surface area contributed by atoms with Crippen LogP contribution < -0.4 is 16.2 Å². The fraction of sp³-hybridized carbons (Fsp3) is 0.267. The molecule has 2 heterocycles. The van der Waals surface area contributed by atoms with Crippen LogP contribution in [0.25, 0.3) is 0 Å². The summed E-state index contributed by atoms with van der Waals surface area (Å²) in [4.78, 5) is 6.54. The maximum absolute atomic E-state index is 5.42. The van der Waals surface area contributed by atoms with Gasteiger partial charge in [-0.05, 0) is 30.0 Å². The molecule has 4 heteroatoms. The van der Waals surface area contributed by atoms with Crippen molar-refractivity contribution >= 4 is 11.5 Å². The number of nitrogens with zero attached hydrogens (tertiary/aromatic N) is 2. The molecule has 0 amide bonds. The van der Waals surface area contributed by atoms with Crippen molar-refractivity contribution in [2.24, 2.45) is 5.84 Å². The lowest BCUT2D eigenvalue weighted by atomic mass is 10.0. The molecule has 0 aliphatic carbocycles. The lowest BCUT2D eigenvalue weighted by Gasteiger charge is -2.23. The summed E-state index contributed by atoms with van der Waals surface area (Å²) in [6.07, 6.45) is 4.12. The minimum absolute atomic E-state index is 0.704. The van der Waals surface area contributed by atoms with Gasteiger partial charge in [0.2, 0.25) is 0 Å². The van der Waals surface area contributed by atoms with Gasteiger partial charge >= 0.3 is 0 Å². The summed E-state index contributed by atoms with van der Waals surface area (Å²) in [6.45, 7) is 2.01. The summed E-state index contributed by atoms with van der Waals surface area (Å²) in [7, 11) is 0. The topological polar surface area (TPSA) is 54.2 Å². The van der Waals surface area contributed by atoms with Gasteiger partial charge < -0.3 is 10.3 Å². The van der Waals surface area contributed by atoms with E-state index >= 15 is 0 Å². The largest absolute Gasteiger partial charge is 0.367 e. The van der Waals surface area contributed by atoms with Gasteiger partial charge in [-0.2, -0.15) is 0 Å².